The molecule has 100 valence electrons. The maximum Gasteiger partial charge on any atom is 0.351 e. The van der Waals surface area contributed by atoms with Gasteiger partial charge in [0.2, 0.25) is 0 Å². The zero-order valence-corrected chi connectivity index (χ0v) is 9.49. The van der Waals surface area contributed by atoms with Crippen LogP contribution in [0.3, 0.4) is 0 Å². The topological polar surface area (TPSA) is 111 Å². The van der Waals surface area contributed by atoms with E-state index in [2.05, 4.69) is 4.98 Å². The minimum Gasteiger partial charge on any atom is -0.393 e. The third kappa shape index (κ3) is 1.98. The van der Waals surface area contributed by atoms with Crippen LogP contribution in [0, 0.1) is 0 Å². The van der Waals surface area contributed by atoms with Gasteiger partial charge in [-0.3, -0.25) is 4.57 Å². The minimum atomic E-state index is -1.68. The Bertz CT molecular complexity index is 488. The maximum absolute atomic E-state index is 12.9. The van der Waals surface area contributed by atoms with E-state index in [9.17, 15) is 14.3 Å². The summed E-state index contributed by atoms with van der Waals surface area (Å²) in [6.45, 7) is -1.71. The molecule has 0 amide bonds. The molecule has 0 bridgehead atoms. The average molecular weight is 259 g/mol. The van der Waals surface area contributed by atoms with Crippen LogP contribution in [0.4, 0.5) is 10.2 Å². The molecule has 1 fully saturated rings. The van der Waals surface area contributed by atoms with Crippen LogP contribution >= 0.6 is 0 Å². The lowest BCUT2D eigenvalue weighted by molar-refractivity contribution is -0.137. The van der Waals surface area contributed by atoms with Gasteiger partial charge in [-0.25, -0.2) is 9.18 Å². The number of halogens is 1. The Morgan fingerprint density at radius 3 is 2.94 bits per heavy atom. The maximum atomic E-state index is 12.9. The van der Waals surface area contributed by atoms with Crippen LogP contribution in [0.2, 0.25) is 0 Å². The molecular formula is C10H14FN3O4. The summed E-state index contributed by atoms with van der Waals surface area (Å²) in [5.41, 5.74) is 3.02. The zero-order valence-electron chi connectivity index (χ0n) is 9.49. The van der Waals surface area contributed by atoms with Crippen LogP contribution in [0.25, 0.3) is 0 Å². The fraction of sp³-hybridized carbons (Fsp3) is 0.600. The van der Waals surface area contributed by atoms with Gasteiger partial charge in [-0.15, -0.1) is 0 Å². The van der Waals surface area contributed by atoms with Gasteiger partial charge in [0.15, 0.2) is 0 Å². The van der Waals surface area contributed by atoms with Crippen LogP contribution in [-0.2, 0) is 4.74 Å². The summed E-state index contributed by atoms with van der Waals surface area (Å²) in [6.07, 6.45) is -0.713. The standard InChI is InChI=1S/C10H14FN3O4/c11-4-10(5-15)6(16)3-8(18-10)14-2-1-7(12)13-9(14)17/h1-2,6,8,15-16H,3-5H2,(H2,12,13,17). The fourth-order valence-corrected chi connectivity index (χ4v) is 1.92. The highest BCUT2D eigenvalue weighted by Gasteiger charge is 2.49. The summed E-state index contributed by atoms with van der Waals surface area (Å²) in [5.74, 6) is 0.0636. The van der Waals surface area contributed by atoms with Gasteiger partial charge in [0.05, 0.1) is 12.7 Å². The number of hydrogen-bond donors (Lipinski definition) is 3. The second-order valence-electron chi connectivity index (χ2n) is 4.22. The molecule has 7 nitrogen and oxygen atoms in total. The Labute approximate surface area is 102 Å². The summed E-state index contributed by atoms with van der Waals surface area (Å²) in [5, 5.41) is 18.8. The number of nitrogen functional groups attached to an aromatic ring is 1. The third-order valence-corrected chi connectivity index (χ3v) is 3.06. The third-order valence-electron chi connectivity index (χ3n) is 3.06. The van der Waals surface area contributed by atoms with Crippen molar-refractivity contribution in [2.24, 2.45) is 0 Å². The first kappa shape index (κ1) is 12.9. The molecule has 0 aromatic carbocycles. The van der Waals surface area contributed by atoms with E-state index in [1.54, 1.807) is 0 Å². The molecule has 3 atom stereocenters. The highest BCUT2D eigenvalue weighted by molar-refractivity contribution is 5.23. The first-order chi connectivity index (χ1) is 8.52. The number of aromatic nitrogens is 2. The SMILES string of the molecule is Nc1ccn(C2CC(O)C(CO)(CF)O2)c(=O)n1. The first-order valence-electron chi connectivity index (χ1n) is 5.40. The smallest absolute Gasteiger partial charge is 0.351 e. The molecule has 0 saturated carbocycles. The van der Waals surface area contributed by atoms with Gasteiger partial charge >= 0.3 is 5.69 Å². The van der Waals surface area contributed by atoms with Gasteiger partial charge < -0.3 is 20.7 Å². The molecule has 0 aliphatic carbocycles. The Hall–Kier alpha value is -1.51. The van der Waals surface area contributed by atoms with E-state index in [1.165, 1.54) is 12.3 Å². The number of nitrogens with zero attached hydrogens (tertiary/aromatic N) is 2. The van der Waals surface area contributed by atoms with E-state index in [1.807, 2.05) is 0 Å². The summed E-state index contributed by atoms with van der Waals surface area (Å²) in [6, 6.07) is 1.39. The van der Waals surface area contributed by atoms with Gasteiger partial charge in [-0.05, 0) is 6.07 Å². The van der Waals surface area contributed by atoms with Crippen molar-refractivity contribution in [2.75, 3.05) is 19.0 Å². The number of ether oxygens (including phenoxy) is 1. The van der Waals surface area contributed by atoms with Crippen LogP contribution in [0.1, 0.15) is 12.6 Å². The normalized spacial score (nSPS) is 31.7. The van der Waals surface area contributed by atoms with E-state index >= 15 is 0 Å². The van der Waals surface area contributed by atoms with Gasteiger partial charge in [-0.1, -0.05) is 0 Å². The lowest BCUT2D eigenvalue weighted by Gasteiger charge is -2.26. The van der Waals surface area contributed by atoms with Crippen molar-refractivity contribution in [1.82, 2.24) is 9.55 Å². The second kappa shape index (κ2) is 4.63. The largest absolute Gasteiger partial charge is 0.393 e. The van der Waals surface area contributed by atoms with Crippen LogP contribution in [0.5, 0.6) is 0 Å². The Kier molecular flexibility index (Phi) is 3.33. The van der Waals surface area contributed by atoms with E-state index in [0.29, 0.717) is 0 Å². The number of hydrogen-bond acceptors (Lipinski definition) is 6. The summed E-state index contributed by atoms with van der Waals surface area (Å²) in [4.78, 5) is 15.1. The van der Waals surface area contributed by atoms with E-state index < -0.39 is 36.9 Å². The summed E-state index contributed by atoms with van der Waals surface area (Å²) >= 11 is 0. The zero-order chi connectivity index (χ0) is 13.3. The first-order valence-corrected chi connectivity index (χ1v) is 5.40. The van der Waals surface area contributed by atoms with E-state index in [0.717, 1.165) is 4.57 Å². The van der Waals surface area contributed by atoms with Crippen LogP contribution < -0.4 is 11.4 Å². The van der Waals surface area contributed by atoms with Crippen molar-refractivity contribution in [3.05, 3.63) is 22.7 Å². The van der Waals surface area contributed by atoms with Crippen LogP contribution in [0.15, 0.2) is 17.1 Å². The molecule has 4 N–H and O–H groups in total. The predicted octanol–water partition coefficient (Wildman–Crippen LogP) is -1.19. The number of alkyl halides is 1. The second-order valence-corrected chi connectivity index (χ2v) is 4.22. The molecule has 0 radical (unpaired) electrons. The minimum absolute atomic E-state index is 0.00398. The van der Waals surface area contributed by atoms with Crippen molar-refractivity contribution in [2.45, 2.75) is 24.4 Å². The molecular weight excluding hydrogens is 245 g/mol. The molecule has 18 heavy (non-hydrogen) atoms. The Morgan fingerprint density at radius 2 is 2.44 bits per heavy atom. The highest BCUT2D eigenvalue weighted by atomic mass is 19.1. The molecule has 1 aromatic heterocycles. The van der Waals surface area contributed by atoms with Gasteiger partial charge in [0.1, 0.15) is 24.3 Å². The lowest BCUT2D eigenvalue weighted by Crippen LogP contribution is -2.45. The van der Waals surface area contributed by atoms with Crippen molar-refractivity contribution in [1.29, 1.82) is 0 Å². The van der Waals surface area contributed by atoms with Gasteiger partial charge in [0, 0.05) is 12.6 Å². The molecule has 2 rings (SSSR count). The average Bonchev–Trinajstić information content (AvgIpc) is 2.67. The van der Waals surface area contributed by atoms with Gasteiger partial charge in [-0.2, -0.15) is 4.98 Å². The van der Waals surface area contributed by atoms with Crippen molar-refractivity contribution in [3.63, 3.8) is 0 Å². The predicted molar refractivity (Wildman–Crippen MR) is 59.4 cm³/mol. The monoisotopic (exact) mass is 259 g/mol. The number of nitrogens with two attached hydrogens (primary N) is 1. The molecule has 2 heterocycles. The molecule has 3 unspecified atom stereocenters. The van der Waals surface area contributed by atoms with Crippen molar-refractivity contribution >= 4 is 5.82 Å². The van der Waals surface area contributed by atoms with Crippen LogP contribution in [-0.4, -0.2) is 44.8 Å². The lowest BCUT2D eigenvalue weighted by atomic mass is 10.00. The molecule has 1 aliphatic heterocycles. The van der Waals surface area contributed by atoms with Gasteiger partial charge in [0.25, 0.3) is 0 Å². The number of anilines is 1. The Morgan fingerprint density at radius 1 is 1.72 bits per heavy atom. The number of aliphatic hydroxyl groups is 2. The van der Waals surface area contributed by atoms with Crippen molar-refractivity contribution in [3.8, 4) is 0 Å². The quantitative estimate of drug-likeness (QED) is 0.629. The van der Waals surface area contributed by atoms with Crippen molar-refractivity contribution < 1.29 is 19.3 Å². The molecule has 1 aliphatic rings. The Balaban J connectivity index is 2.30. The molecule has 0 spiro atoms. The number of rotatable bonds is 3. The van der Waals surface area contributed by atoms with E-state index in [4.69, 9.17) is 15.6 Å². The number of aliphatic hydroxyl groups excluding tert-OH is 2. The highest BCUT2D eigenvalue weighted by Crippen LogP contribution is 2.36. The molecule has 8 heteroatoms. The summed E-state index contributed by atoms with van der Waals surface area (Å²) in [7, 11) is 0. The molecule has 1 aromatic rings. The fourth-order valence-electron chi connectivity index (χ4n) is 1.92. The van der Waals surface area contributed by atoms with E-state index in [-0.39, 0.29) is 12.2 Å². The summed E-state index contributed by atoms with van der Waals surface area (Å²) < 4.78 is 19.3. The molecule has 1 saturated heterocycles.